The van der Waals surface area contributed by atoms with E-state index in [1.165, 1.54) is 6.42 Å². The highest BCUT2D eigenvalue weighted by Crippen LogP contribution is 2.58. The summed E-state index contributed by atoms with van der Waals surface area (Å²) < 4.78 is 0. The molecule has 1 aromatic rings. The van der Waals surface area contributed by atoms with Gasteiger partial charge in [0.05, 0.1) is 6.42 Å². The van der Waals surface area contributed by atoms with Gasteiger partial charge in [-0.1, -0.05) is 24.6 Å². The van der Waals surface area contributed by atoms with Crippen LogP contribution in [0.1, 0.15) is 25.7 Å². The summed E-state index contributed by atoms with van der Waals surface area (Å²) in [6.45, 7) is 0.258. The van der Waals surface area contributed by atoms with Crippen molar-refractivity contribution in [3.05, 3.63) is 30.3 Å². The highest BCUT2D eigenvalue weighted by Gasteiger charge is 2.57. The van der Waals surface area contributed by atoms with Gasteiger partial charge in [-0.05, 0) is 36.8 Å². The first-order valence-electron chi connectivity index (χ1n) is 7.26. The zero-order chi connectivity index (χ0) is 14.1. The molecule has 4 nitrogen and oxygen atoms in total. The van der Waals surface area contributed by atoms with Crippen LogP contribution in [0.15, 0.2) is 30.3 Å². The molecule has 1 amide bonds. The van der Waals surface area contributed by atoms with Crippen LogP contribution in [0, 0.1) is 17.8 Å². The predicted octanol–water partition coefficient (Wildman–Crippen LogP) is 2.54. The number of aliphatic carboxylic acids is 1. The van der Waals surface area contributed by atoms with E-state index in [1.807, 2.05) is 30.3 Å². The van der Waals surface area contributed by atoms with Gasteiger partial charge < -0.3 is 10.0 Å². The van der Waals surface area contributed by atoms with E-state index >= 15 is 0 Å². The van der Waals surface area contributed by atoms with Crippen LogP contribution in [-0.4, -0.2) is 23.5 Å². The number of amides is 1. The molecular weight excluding hydrogens is 254 g/mol. The number of carboxylic acid groups (broad SMARTS) is 1. The smallest absolute Gasteiger partial charge is 0.305 e. The van der Waals surface area contributed by atoms with Gasteiger partial charge in [0.25, 0.3) is 0 Å². The Bertz CT molecular complexity index is 504. The number of rotatable bonds is 5. The number of fused-ring (bicyclic) bond motifs is 1. The average Bonchev–Trinajstić information content (AvgIpc) is 2.92. The lowest BCUT2D eigenvalue weighted by Gasteiger charge is -2.23. The lowest BCUT2D eigenvalue weighted by atomic mass is 10.1. The molecule has 3 rings (SSSR count). The van der Waals surface area contributed by atoms with Gasteiger partial charge in [0, 0.05) is 18.2 Å². The first-order valence-corrected chi connectivity index (χ1v) is 7.26. The summed E-state index contributed by atoms with van der Waals surface area (Å²) in [6.07, 6.45) is 3.54. The van der Waals surface area contributed by atoms with E-state index in [0.717, 1.165) is 18.5 Å². The number of hydrogen-bond donors (Lipinski definition) is 1. The highest BCUT2D eigenvalue weighted by molar-refractivity contribution is 5.97. The van der Waals surface area contributed by atoms with Crippen molar-refractivity contribution in [2.75, 3.05) is 11.4 Å². The second kappa shape index (κ2) is 5.27. The number of carbonyl (C=O) groups is 2. The molecule has 2 atom stereocenters. The molecule has 1 aromatic carbocycles. The predicted molar refractivity (Wildman–Crippen MR) is 75.4 cm³/mol. The summed E-state index contributed by atoms with van der Waals surface area (Å²) in [6, 6.07) is 9.40. The van der Waals surface area contributed by atoms with Crippen LogP contribution in [-0.2, 0) is 9.59 Å². The van der Waals surface area contributed by atoms with Gasteiger partial charge >= 0.3 is 5.97 Å². The van der Waals surface area contributed by atoms with E-state index in [2.05, 4.69) is 0 Å². The van der Waals surface area contributed by atoms with Crippen LogP contribution >= 0.6 is 0 Å². The van der Waals surface area contributed by atoms with Crippen LogP contribution < -0.4 is 4.90 Å². The number of para-hydroxylation sites is 1. The Morgan fingerprint density at radius 3 is 2.40 bits per heavy atom. The van der Waals surface area contributed by atoms with Crippen molar-refractivity contribution in [3.63, 3.8) is 0 Å². The molecule has 0 heterocycles. The van der Waals surface area contributed by atoms with Crippen molar-refractivity contribution in [1.82, 2.24) is 0 Å². The molecule has 2 aliphatic carbocycles. The Labute approximate surface area is 118 Å². The molecule has 0 saturated heterocycles. The van der Waals surface area contributed by atoms with Crippen molar-refractivity contribution >= 4 is 17.6 Å². The van der Waals surface area contributed by atoms with E-state index in [1.54, 1.807) is 4.90 Å². The molecule has 0 aliphatic heterocycles. The number of hydrogen-bond acceptors (Lipinski definition) is 2. The van der Waals surface area contributed by atoms with Gasteiger partial charge in [0.15, 0.2) is 0 Å². The van der Waals surface area contributed by atoms with Crippen molar-refractivity contribution in [1.29, 1.82) is 0 Å². The number of nitrogens with zero attached hydrogens (tertiary/aromatic N) is 1. The highest BCUT2D eigenvalue weighted by atomic mass is 16.4. The van der Waals surface area contributed by atoms with E-state index < -0.39 is 5.97 Å². The minimum absolute atomic E-state index is 0.0112. The first-order chi connectivity index (χ1) is 9.68. The van der Waals surface area contributed by atoms with Gasteiger partial charge in [-0.25, -0.2) is 0 Å². The summed E-state index contributed by atoms with van der Waals surface area (Å²) in [5.41, 5.74) is 0.809. The number of carboxylic acids is 1. The lowest BCUT2D eigenvalue weighted by molar-refractivity contribution is -0.136. The Hall–Kier alpha value is -1.84. The van der Waals surface area contributed by atoms with Crippen molar-refractivity contribution < 1.29 is 14.7 Å². The SMILES string of the molecule is O=C(O)CCN(C(=O)C1C2CCCC21)c1ccccc1. The van der Waals surface area contributed by atoms with E-state index in [4.69, 9.17) is 5.11 Å². The third-order valence-corrected chi connectivity index (χ3v) is 4.57. The van der Waals surface area contributed by atoms with Gasteiger partial charge in [-0.15, -0.1) is 0 Å². The third-order valence-electron chi connectivity index (χ3n) is 4.57. The quantitative estimate of drug-likeness (QED) is 0.897. The maximum atomic E-state index is 12.7. The molecular formula is C16H19NO3. The van der Waals surface area contributed by atoms with Crippen LogP contribution in [0.4, 0.5) is 5.69 Å². The summed E-state index contributed by atoms with van der Waals surface area (Å²) in [5.74, 6) is 0.497. The molecule has 2 saturated carbocycles. The summed E-state index contributed by atoms with van der Waals surface area (Å²) >= 11 is 0. The summed E-state index contributed by atoms with van der Waals surface area (Å²) in [5, 5.41) is 8.87. The molecule has 0 spiro atoms. The minimum atomic E-state index is -0.866. The van der Waals surface area contributed by atoms with Crippen LogP contribution in [0.3, 0.4) is 0 Å². The maximum Gasteiger partial charge on any atom is 0.305 e. The van der Waals surface area contributed by atoms with E-state index in [0.29, 0.717) is 11.8 Å². The van der Waals surface area contributed by atoms with Crippen molar-refractivity contribution in [2.45, 2.75) is 25.7 Å². The largest absolute Gasteiger partial charge is 0.481 e. The first kappa shape index (κ1) is 13.2. The molecule has 0 aromatic heterocycles. The minimum Gasteiger partial charge on any atom is -0.481 e. The van der Waals surface area contributed by atoms with Gasteiger partial charge in [-0.2, -0.15) is 0 Å². The Balaban J connectivity index is 1.75. The zero-order valence-electron chi connectivity index (χ0n) is 11.4. The molecule has 1 N–H and O–H groups in total. The Morgan fingerprint density at radius 2 is 1.80 bits per heavy atom. The summed E-state index contributed by atoms with van der Waals surface area (Å²) in [7, 11) is 0. The molecule has 2 unspecified atom stereocenters. The average molecular weight is 273 g/mol. The molecule has 2 aliphatic rings. The summed E-state index contributed by atoms with van der Waals surface area (Å²) in [4.78, 5) is 25.1. The fourth-order valence-electron chi connectivity index (χ4n) is 3.55. The van der Waals surface area contributed by atoms with Crippen molar-refractivity contribution in [3.8, 4) is 0 Å². The van der Waals surface area contributed by atoms with Crippen LogP contribution in [0.2, 0.25) is 0 Å². The second-order valence-corrected chi connectivity index (χ2v) is 5.75. The molecule has 0 radical (unpaired) electrons. The fraction of sp³-hybridized carbons (Fsp3) is 0.500. The van der Waals surface area contributed by atoms with E-state index in [-0.39, 0.29) is 24.8 Å². The normalized spacial score (nSPS) is 26.9. The molecule has 2 fully saturated rings. The molecule has 0 bridgehead atoms. The van der Waals surface area contributed by atoms with Gasteiger partial charge in [-0.3, -0.25) is 9.59 Å². The maximum absolute atomic E-state index is 12.7. The number of carbonyl (C=O) groups excluding carboxylic acids is 1. The second-order valence-electron chi connectivity index (χ2n) is 5.75. The third kappa shape index (κ3) is 2.42. The molecule has 4 heteroatoms. The molecule has 106 valence electrons. The lowest BCUT2D eigenvalue weighted by Crippen LogP contribution is -2.35. The fourth-order valence-corrected chi connectivity index (χ4v) is 3.55. The van der Waals surface area contributed by atoms with E-state index in [9.17, 15) is 9.59 Å². The van der Waals surface area contributed by atoms with Crippen molar-refractivity contribution in [2.24, 2.45) is 17.8 Å². The Morgan fingerprint density at radius 1 is 1.15 bits per heavy atom. The Kier molecular flexibility index (Phi) is 3.47. The molecule has 20 heavy (non-hydrogen) atoms. The zero-order valence-corrected chi connectivity index (χ0v) is 11.4. The number of benzene rings is 1. The monoisotopic (exact) mass is 273 g/mol. The number of anilines is 1. The van der Waals surface area contributed by atoms with Crippen LogP contribution in [0.25, 0.3) is 0 Å². The van der Waals surface area contributed by atoms with Gasteiger partial charge in [0.1, 0.15) is 0 Å². The topological polar surface area (TPSA) is 57.6 Å². The van der Waals surface area contributed by atoms with Crippen LogP contribution in [0.5, 0.6) is 0 Å². The standard InChI is InChI=1S/C16H19NO3/c18-14(19)9-10-17(11-5-2-1-3-6-11)16(20)15-12-7-4-8-13(12)15/h1-3,5-6,12-13,15H,4,7-10H2,(H,18,19). The van der Waals surface area contributed by atoms with Gasteiger partial charge in [0.2, 0.25) is 5.91 Å².